The van der Waals surface area contributed by atoms with Gasteiger partial charge in [0.2, 0.25) is 5.89 Å². The van der Waals surface area contributed by atoms with Crippen LogP contribution in [0.4, 0.5) is 13.2 Å². The highest BCUT2D eigenvalue weighted by Crippen LogP contribution is 2.28. The number of rotatable bonds is 1. The van der Waals surface area contributed by atoms with Crippen molar-refractivity contribution in [2.45, 2.75) is 25.9 Å². The molecule has 0 spiro atoms. The van der Waals surface area contributed by atoms with Gasteiger partial charge in [0.15, 0.2) is 0 Å². The van der Waals surface area contributed by atoms with Crippen molar-refractivity contribution in [1.29, 1.82) is 0 Å². The number of hydrogen-bond donors (Lipinski definition) is 0. The van der Waals surface area contributed by atoms with Crippen LogP contribution >= 0.6 is 0 Å². The summed E-state index contributed by atoms with van der Waals surface area (Å²) in [6.45, 7) is 3.35. The van der Waals surface area contributed by atoms with Crippen molar-refractivity contribution in [3.05, 3.63) is 11.8 Å². The second-order valence-electron chi connectivity index (χ2n) is 2.60. The van der Waals surface area contributed by atoms with Gasteiger partial charge in [-0.05, 0) is 0 Å². The van der Waals surface area contributed by atoms with Crippen molar-refractivity contribution in [1.82, 2.24) is 10.2 Å². The normalized spacial score (nSPS) is 12.5. The molecule has 0 atom stereocenters. The first-order valence-electron chi connectivity index (χ1n) is 3.32. The third-order valence-electron chi connectivity index (χ3n) is 1.18. The van der Waals surface area contributed by atoms with E-state index in [0.717, 1.165) is 0 Å². The van der Waals surface area contributed by atoms with Crippen LogP contribution in [-0.4, -0.2) is 10.2 Å². The van der Waals surface area contributed by atoms with Crippen molar-refractivity contribution >= 4 is 0 Å². The SMILES string of the molecule is CC(C)c1nnc(C(F)(F)F)o1. The minimum absolute atomic E-state index is 0.00215. The standard InChI is InChI=1S/C6H7F3N2O/c1-3(2)4-10-11-5(12-4)6(7,8)9/h3H,1-2H3. The summed E-state index contributed by atoms with van der Waals surface area (Å²) in [7, 11) is 0. The highest BCUT2D eigenvalue weighted by atomic mass is 19.4. The maximum absolute atomic E-state index is 11.9. The van der Waals surface area contributed by atoms with E-state index < -0.39 is 12.1 Å². The molecule has 1 aromatic heterocycles. The molecule has 0 aromatic carbocycles. The summed E-state index contributed by atoms with van der Waals surface area (Å²) < 4.78 is 40.0. The Morgan fingerprint density at radius 3 is 2.08 bits per heavy atom. The molecule has 0 unspecified atom stereocenters. The molecule has 0 radical (unpaired) electrons. The van der Waals surface area contributed by atoms with Crippen molar-refractivity contribution in [3.8, 4) is 0 Å². The lowest BCUT2D eigenvalue weighted by Gasteiger charge is -1.98. The topological polar surface area (TPSA) is 38.9 Å². The molecular weight excluding hydrogens is 173 g/mol. The van der Waals surface area contributed by atoms with Crippen LogP contribution in [0.3, 0.4) is 0 Å². The van der Waals surface area contributed by atoms with Crippen LogP contribution in [-0.2, 0) is 6.18 Å². The van der Waals surface area contributed by atoms with Gasteiger partial charge in [-0.3, -0.25) is 0 Å². The monoisotopic (exact) mass is 180 g/mol. The van der Waals surface area contributed by atoms with Gasteiger partial charge in [0.25, 0.3) is 0 Å². The molecule has 0 aliphatic heterocycles. The van der Waals surface area contributed by atoms with Gasteiger partial charge in [-0.15, -0.1) is 10.2 Å². The summed E-state index contributed by atoms with van der Waals surface area (Å²) in [5, 5.41) is 6.11. The molecule has 6 heteroatoms. The molecule has 68 valence electrons. The van der Waals surface area contributed by atoms with Gasteiger partial charge >= 0.3 is 12.1 Å². The summed E-state index contributed by atoms with van der Waals surface area (Å²) in [5.41, 5.74) is 0. The third kappa shape index (κ3) is 1.75. The lowest BCUT2D eigenvalue weighted by Crippen LogP contribution is -2.04. The van der Waals surface area contributed by atoms with Crippen molar-refractivity contribution in [3.63, 3.8) is 0 Å². The Bertz CT molecular complexity index is 266. The van der Waals surface area contributed by atoms with E-state index in [1.54, 1.807) is 13.8 Å². The first-order valence-corrected chi connectivity index (χ1v) is 3.32. The Morgan fingerprint density at radius 1 is 1.25 bits per heavy atom. The van der Waals surface area contributed by atoms with Gasteiger partial charge < -0.3 is 4.42 Å². The highest BCUT2D eigenvalue weighted by Gasteiger charge is 2.38. The van der Waals surface area contributed by atoms with Crippen molar-refractivity contribution in [2.24, 2.45) is 0 Å². The molecule has 1 heterocycles. The Hall–Kier alpha value is -1.07. The van der Waals surface area contributed by atoms with Gasteiger partial charge in [0.1, 0.15) is 0 Å². The molecular formula is C6H7F3N2O. The molecule has 3 nitrogen and oxygen atoms in total. The summed E-state index contributed by atoms with van der Waals surface area (Å²) >= 11 is 0. The van der Waals surface area contributed by atoms with Gasteiger partial charge in [-0.25, -0.2) is 0 Å². The van der Waals surface area contributed by atoms with Crippen LogP contribution in [0.1, 0.15) is 31.5 Å². The summed E-state index contributed by atoms with van der Waals surface area (Å²) in [4.78, 5) is 0. The van der Waals surface area contributed by atoms with E-state index >= 15 is 0 Å². The fourth-order valence-electron chi connectivity index (χ4n) is 0.582. The average molecular weight is 180 g/mol. The van der Waals surface area contributed by atoms with Crippen LogP contribution < -0.4 is 0 Å². The van der Waals surface area contributed by atoms with E-state index in [0.29, 0.717) is 0 Å². The second-order valence-corrected chi connectivity index (χ2v) is 2.60. The predicted octanol–water partition coefficient (Wildman–Crippen LogP) is 2.21. The maximum atomic E-state index is 11.9. The highest BCUT2D eigenvalue weighted by molar-refractivity contribution is 4.89. The zero-order chi connectivity index (χ0) is 9.35. The lowest BCUT2D eigenvalue weighted by molar-refractivity contribution is -0.157. The summed E-state index contributed by atoms with van der Waals surface area (Å²) in [5.74, 6) is -1.47. The molecule has 0 saturated heterocycles. The Kier molecular flexibility index (Phi) is 2.08. The van der Waals surface area contributed by atoms with Crippen LogP contribution in [0.25, 0.3) is 0 Å². The third-order valence-corrected chi connectivity index (χ3v) is 1.18. The minimum Gasteiger partial charge on any atom is -0.417 e. The molecule has 1 rings (SSSR count). The fraction of sp³-hybridized carbons (Fsp3) is 0.667. The first-order chi connectivity index (χ1) is 5.41. The Labute approximate surface area is 66.6 Å². The number of nitrogens with zero attached hydrogens (tertiary/aromatic N) is 2. The molecule has 0 aliphatic carbocycles. The Balaban J connectivity index is 2.92. The van der Waals surface area contributed by atoms with E-state index in [1.165, 1.54) is 0 Å². The van der Waals surface area contributed by atoms with Crippen LogP contribution in [0, 0.1) is 0 Å². The number of alkyl halides is 3. The van der Waals surface area contributed by atoms with Gasteiger partial charge in [-0.2, -0.15) is 13.2 Å². The number of halogens is 3. The van der Waals surface area contributed by atoms with Gasteiger partial charge in [0, 0.05) is 5.92 Å². The molecule has 0 saturated carbocycles. The van der Waals surface area contributed by atoms with Gasteiger partial charge in [-0.1, -0.05) is 13.8 Å². The minimum atomic E-state index is -4.54. The van der Waals surface area contributed by atoms with Crippen LogP contribution in [0.2, 0.25) is 0 Å². The van der Waals surface area contributed by atoms with E-state index in [4.69, 9.17) is 0 Å². The molecule has 1 aromatic rings. The summed E-state index contributed by atoms with van der Waals surface area (Å²) in [6, 6.07) is 0. The van der Waals surface area contributed by atoms with E-state index in [9.17, 15) is 13.2 Å². The largest absolute Gasteiger partial charge is 0.470 e. The molecule has 12 heavy (non-hydrogen) atoms. The fourth-order valence-corrected chi connectivity index (χ4v) is 0.582. The average Bonchev–Trinajstić information content (AvgIpc) is 2.30. The molecule has 0 aliphatic rings. The van der Waals surface area contributed by atoms with E-state index in [1.807, 2.05) is 0 Å². The maximum Gasteiger partial charge on any atom is 0.470 e. The molecule has 0 amide bonds. The van der Waals surface area contributed by atoms with Crippen LogP contribution in [0.5, 0.6) is 0 Å². The predicted molar refractivity (Wildman–Crippen MR) is 33.4 cm³/mol. The quantitative estimate of drug-likeness (QED) is 0.665. The zero-order valence-corrected chi connectivity index (χ0v) is 6.51. The van der Waals surface area contributed by atoms with E-state index in [-0.39, 0.29) is 11.8 Å². The van der Waals surface area contributed by atoms with Crippen molar-refractivity contribution in [2.75, 3.05) is 0 Å². The van der Waals surface area contributed by atoms with Crippen LogP contribution in [0.15, 0.2) is 4.42 Å². The van der Waals surface area contributed by atoms with Gasteiger partial charge in [0.05, 0.1) is 0 Å². The molecule has 0 N–H and O–H groups in total. The smallest absolute Gasteiger partial charge is 0.417 e. The number of hydrogen-bond acceptors (Lipinski definition) is 3. The second kappa shape index (κ2) is 2.76. The van der Waals surface area contributed by atoms with E-state index in [2.05, 4.69) is 14.6 Å². The zero-order valence-electron chi connectivity index (χ0n) is 6.51. The summed E-state index contributed by atoms with van der Waals surface area (Å²) in [6.07, 6.45) is -4.54. The van der Waals surface area contributed by atoms with Crippen molar-refractivity contribution < 1.29 is 17.6 Å². The lowest BCUT2D eigenvalue weighted by atomic mass is 10.2. The first kappa shape index (κ1) is 9.02. The Morgan fingerprint density at radius 2 is 1.83 bits per heavy atom. The molecule has 0 bridgehead atoms. The molecule has 0 fully saturated rings. The number of aromatic nitrogens is 2.